The van der Waals surface area contributed by atoms with Gasteiger partial charge in [-0.05, 0) is 6.92 Å². The minimum atomic E-state index is -4.38. The first-order valence-electron chi connectivity index (χ1n) is 2.30. The standard InChI is InChI=1S/C3H9NO4S.Na/c1-3(5)2-4-9(6,7)8;/h3-5H,2H2,1H3,(H,6,7,8);/q;+1/p-1. The predicted molar refractivity (Wildman–Crippen MR) is 29.4 cm³/mol. The molecule has 1 atom stereocenters. The van der Waals surface area contributed by atoms with Crippen LogP contribution in [0.5, 0.6) is 0 Å². The molecule has 5 nitrogen and oxygen atoms in total. The van der Waals surface area contributed by atoms with E-state index in [-0.39, 0.29) is 36.1 Å². The zero-order valence-corrected chi connectivity index (χ0v) is 8.68. The largest absolute Gasteiger partial charge is 1.00 e. The zero-order chi connectivity index (χ0) is 7.49. The van der Waals surface area contributed by atoms with Gasteiger partial charge in [-0.1, -0.05) is 0 Å². The van der Waals surface area contributed by atoms with Gasteiger partial charge in [0.05, 0.1) is 6.10 Å². The molecule has 0 bridgehead atoms. The zero-order valence-electron chi connectivity index (χ0n) is 5.86. The van der Waals surface area contributed by atoms with Crippen molar-refractivity contribution in [3.05, 3.63) is 0 Å². The van der Waals surface area contributed by atoms with Gasteiger partial charge >= 0.3 is 29.6 Å². The molecule has 0 rings (SSSR count). The molecule has 10 heavy (non-hydrogen) atoms. The van der Waals surface area contributed by atoms with Crippen molar-refractivity contribution in [1.29, 1.82) is 0 Å². The fraction of sp³-hybridized carbons (Fsp3) is 1.00. The summed E-state index contributed by atoms with van der Waals surface area (Å²) in [6.45, 7) is 1.14. The third-order valence-corrected chi connectivity index (χ3v) is 1.08. The maximum absolute atomic E-state index is 9.76. The maximum atomic E-state index is 9.76. The first-order valence-corrected chi connectivity index (χ1v) is 3.71. The second kappa shape index (κ2) is 5.48. The van der Waals surface area contributed by atoms with Gasteiger partial charge in [-0.2, -0.15) is 0 Å². The predicted octanol–water partition coefficient (Wildman–Crippen LogP) is -4.58. The van der Waals surface area contributed by atoms with Gasteiger partial charge in [0.2, 0.25) is 0 Å². The molecule has 0 aromatic rings. The van der Waals surface area contributed by atoms with Crippen LogP contribution in [0, 0.1) is 0 Å². The van der Waals surface area contributed by atoms with Gasteiger partial charge in [0, 0.05) is 6.54 Å². The van der Waals surface area contributed by atoms with Crippen LogP contribution >= 0.6 is 0 Å². The van der Waals surface area contributed by atoms with E-state index in [1.165, 1.54) is 6.92 Å². The Bertz CT molecular complexity index is 165. The molecule has 0 amide bonds. The molecular formula is C3H8NNaO4S. The molecule has 0 aromatic heterocycles. The summed E-state index contributed by atoms with van der Waals surface area (Å²) in [5, 5.41) is 8.45. The molecule has 2 N–H and O–H groups in total. The Morgan fingerprint density at radius 2 is 2.10 bits per heavy atom. The fourth-order valence-electron chi connectivity index (χ4n) is 0.223. The second-order valence-electron chi connectivity index (χ2n) is 1.65. The van der Waals surface area contributed by atoms with Gasteiger partial charge in [0.1, 0.15) is 0 Å². The van der Waals surface area contributed by atoms with Crippen LogP contribution in [-0.2, 0) is 10.3 Å². The summed E-state index contributed by atoms with van der Waals surface area (Å²) in [6.07, 6.45) is -0.825. The monoisotopic (exact) mass is 177 g/mol. The number of hydrogen-bond donors (Lipinski definition) is 2. The minimum Gasteiger partial charge on any atom is -0.735 e. The molecule has 0 aliphatic carbocycles. The maximum Gasteiger partial charge on any atom is 1.00 e. The molecular weight excluding hydrogens is 169 g/mol. The molecule has 7 heteroatoms. The molecule has 0 fully saturated rings. The molecule has 0 radical (unpaired) electrons. The van der Waals surface area contributed by atoms with Gasteiger partial charge in [0.15, 0.2) is 10.3 Å². The molecule has 1 unspecified atom stereocenters. The van der Waals surface area contributed by atoms with E-state index in [0.717, 1.165) is 0 Å². The van der Waals surface area contributed by atoms with Gasteiger partial charge in [0.25, 0.3) is 0 Å². The van der Waals surface area contributed by atoms with Crippen molar-refractivity contribution in [1.82, 2.24) is 4.72 Å². The molecule has 0 aliphatic heterocycles. The molecule has 0 spiro atoms. The van der Waals surface area contributed by atoms with Crippen molar-refractivity contribution in [2.45, 2.75) is 13.0 Å². The first kappa shape index (κ1) is 13.4. The Kier molecular flexibility index (Phi) is 7.35. The van der Waals surface area contributed by atoms with Crippen molar-refractivity contribution >= 4 is 10.3 Å². The van der Waals surface area contributed by atoms with E-state index in [1.54, 1.807) is 4.72 Å². The van der Waals surface area contributed by atoms with Crippen LogP contribution < -0.4 is 34.3 Å². The van der Waals surface area contributed by atoms with Gasteiger partial charge in [-0.15, -0.1) is 0 Å². The van der Waals surface area contributed by atoms with Gasteiger partial charge in [-0.3, -0.25) is 0 Å². The van der Waals surface area contributed by atoms with Gasteiger partial charge < -0.3 is 9.66 Å². The van der Waals surface area contributed by atoms with Crippen LogP contribution in [0.3, 0.4) is 0 Å². The van der Waals surface area contributed by atoms with E-state index >= 15 is 0 Å². The number of hydrogen-bond acceptors (Lipinski definition) is 4. The molecule has 0 saturated carbocycles. The quantitative estimate of drug-likeness (QED) is 0.335. The third-order valence-electron chi connectivity index (χ3n) is 0.556. The topological polar surface area (TPSA) is 89.5 Å². The van der Waals surface area contributed by atoms with Crippen molar-refractivity contribution in [2.75, 3.05) is 6.54 Å². The fourth-order valence-corrected chi connectivity index (χ4v) is 0.668. The summed E-state index contributed by atoms with van der Waals surface area (Å²) in [5.41, 5.74) is 0. The van der Waals surface area contributed by atoms with Crippen molar-refractivity contribution in [3.8, 4) is 0 Å². The Morgan fingerprint density at radius 3 is 2.20 bits per heavy atom. The molecule has 0 aromatic carbocycles. The Balaban J connectivity index is 0. The van der Waals surface area contributed by atoms with Crippen LogP contribution in [0.15, 0.2) is 0 Å². The third kappa shape index (κ3) is 11.6. The van der Waals surface area contributed by atoms with E-state index < -0.39 is 16.4 Å². The molecule has 0 saturated heterocycles. The number of nitrogens with one attached hydrogen (secondary N) is 1. The van der Waals surface area contributed by atoms with E-state index in [4.69, 9.17) is 5.11 Å². The van der Waals surface area contributed by atoms with Crippen LogP contribution in [0.1, 0.15) is 6.92 Å². The smallest absolute Gasteiger partial charge is 0.735 e. The van der Waals surface area contributed by atoms with Crippen LogP contribution in [0.2, 0.25) is 0 Å². The van der Waals surface area contributed by atoms with Crippen molar-refractivity contribution in [2.24, 2.45) is 0 Å². The molecule has 0 heterocycles. The van der Waals surface area contributed by atoms with Crippen LogP contribution in [0.4, 0.5) is 0 Å². The number of aliphatic hydroxyl groups is 1. The van der Waals surface area contributed by atoms with Crippen LogP contribution in [0.25, 0.3) is 0 Å². The van der Waals surface area contributed by atoms with E-state index in [9.17, 15) is 13.0 Å². The normalized spacial score (nSPS) is 13.9. The summed E-state index contributed by atoms with van der Waals surface area (Å²) < 4.78 is 30.9. The summed E-state index contributed by atoms with van der Waals surface area (Å²) in [5.74, 6) is 0. The molecule has 56 valence electrons. The van der Waals surface area contributed by atoms with Crippen molar-refractivity contribution in [3.63, 3.8) is 0 Å². The SMILES string of the molecule is CC(O)CNS(=O)(=O)[O-].[Na+]. The first-order chi connectivity index (χ1) is 3.92. The molecule has 0 aliphatic rings. The van der Waals surface area contributed by atoms with E-state index in [0.29, 0.717) is 0 Å². The van der Waals surface area contributed by atoms with Crippen molar-refractivity contribution < 1.29 is 47.6 Å². The Hall–Kier alpha value is 0.830. The Labute approximate surface area is 82.0 Å². The second-order valence-corrected chi connectivity index (χ2v) is 2.85. The van der Waals surface area contributed by atoms with Gasteiger partial charge in [-0.25, -0.2) is 13.1 Å². The van der Waals surface area contributed by atoms with E-state index in [2.05, 4.69) is 0 Å². The summed E-state index contributed by atoms with van der Waals surface area (Å²) in [4.78, 5) is 0. The average molecular weight is 177 g/mol. The number of aliphatic hydroxyl groups excluding tert-OH is 1. The minimum absolute atomic E-state index is 0. The summed E-state index contributed by atoms with van der Waals surface area (Å²) >= 11 is 0. The summed E-state index contributed by atoms with van der Waals surface area (Å²) in [7, 11) is -4.38. The summed E-state index contributed by atoms with van der Waals surface area (Å²) in [6, 6.07) is 0. The van der Waals surface area contributed by atoms with E-state index in [1.807, 2.05) is 0 Å². The van der Waals surface area contributed by atoms with Crippen LogP contribution in [-0.4, -0.2) is 30.7 Å². The number of rotatable bonds is 3. The average Bonchev–Trinajstić information content (AvgIpc) is 1.59. The Morgan fingerprint density at radius 1 is 1.70 bits per heavy atom.